The van der Waals surface area contributed by atoms with Crippen molar-refractivity contribution < 1.29 is 17.6 Å². The number of hydrogen-bond acceptors (Lipinski definition) is 4. The Hall–Kier alpha value is -2.28. The van der Waals surface area contributed by atoms with Crippen LogP contribution in [0, 0.1) is 5.82 Å². The Morgan fingerprint density at radius 2 is 1.82 bits per heavy atom. The molecule has 2 heterocycles. The lowest BCUT2D eigenvalue weighted by molar-refractivity contribution is 0.0652. The minimum Gasteiger partial charge on any atom is -0.335 e. The molecule has 0 aliphatic carbocycles. The summed E-state index contributed by atoms with van der Waals surface area (Å²) in [5.74, 6) is -0.773. The van der Waals surface area contributed by atoms with E-state index in [-0.39, 0.29) is 23.9 Å². The van der Waals surface area contributed by atoms with Crippen LogP contribution in [0.1, 0.15) is 10.5 Å². The van der Waals surface area contributed by atoms with Gasteiger partial charge in [0.1, 0.15) is 16.8 Å². The second-order valence-electron chi connectivity index (χ2n) is 5.05. The predicted molar refractivity (Wildman–Crippen MR) is 77.5 cm³/mol. The molecule has 2 aromatic rings. The van der Waals surface area contributed by atoms with Gasteiger partial charge < -0.3 is 4.90 Å². The maximum atomic E-state index is 12.9. The first-order chi connectivity index (χ1) is 10.5. The molecular weight excluding hydrogens is 307 g/mol. The molecule has 3 rings (SSSR count). The van der Waals surface area contributed by atoms with E-state index in [2.05, 4.69) is 4.98 Å². The fourth-order valence-corrected chi connectivity index (χ4v) is 3.92. The summed E-state index contributed by atoms with van der Waals surface area (Å²) in [5, 5.41) is -0.661. The third kappa shape index (κ3) is 2.59. The van der Waals surface area contributed by atoms with Crippen molar-refractivity contribution in [3.63, 3.8) is 0 Å². The van der Waals surface area contributed by atoms with Crippen molar-refractivity contribution in [1.82, 2.24) is 9.88 Å². The molecule has 0 radical (unpaired) electrons. The van der Waals surface area contributed by atoms with Crippen LogP contribution in [0.25, 0.3) is 0 Å². The van der Waals surface area contributed by atoms with Crippen LogP contribution in [-0.4, -0.2) is 42.5 Å². The average molecular weight is 320 g/mol. The number of rotatable bonds is 3. The van der Waals surface area contributed by atoms with E-state index in [4.69, 9.17) is 0 Å². The zero-order chi connectivity index (χ0) is 15.7. The normalized spacial score (nSPS) is 15.4. The summed E-state index contributed by atoms with van der Waals surface area (Å²) in [6.07, 6.45) is 1.51. The fourth-order valence-electron chi connectivity index (χ4n) is 2.27. The van der Waals surface area contributed by atoms with Gasteiger partial charge in [0.05, 0.1) is 4.90 Å². The molecule has 1 amide bonds. The second-order valence-corrected chi connectivity index (χ2v) is 7.27. The van der Waals surface area contributed by atoms with Crippen LogP contribution in [0.4, 0.5) is 4.39 Å². The van der Waals surface area contributed by atoms with Crippen molar-refractivity contribution in [2.24, 2.45) is 0 Å². The summed E-state index contributed by atoms with van der Waals surface area (Å²) in [5.41, 5.74) is 0.292. The molecular formula is C15H13FN2O3S. The third-order valence-corrected chi connectivity index (χ3v) is 5.71. The highest BCUT2D eigenvalue weighted by molar-refractivity contribution is 7.92. The van der Waals surface area contributed by atoms with Crippen LogP contribution in [0.15, 0.2) is 53.6 Å². The van der Waals surface area contributed by atoms with Crippen molar-refractivity contribution in [2.75, 3.05) is 13.1 Å². The first-order valence-electron chi connectivity index (χ1n) is 6.68. The van der Waals surface area contributed by atoms with Gasteiger partial charge in [-0.3, -0.25) is 9.78 Å². The van der Waals surface area contributed by atoms with Gasteiger partial charge >= 0.3 is 0 Å². The zero-order valence-corrected chi connectivity index (χ0v) is 12.3. The van der Waals surface area contributed by atoms with Gasteiger partial charge in [-0.15, -0.1) is 0 Å². The first kappa shape index (κ1) is 14.6. The zero-order valence-electron chi connectivity index (χ0n) is 11.5. The van der Waals surface area contributed by atoms with Gasteiger partial charge in [0.15, 0.2) is 9.84 Å². The number of amides is 1. The van der Waals surface area contributed by atoms with Crippen molar-refractivity contribution in [2.45, 2.75) is 10.1 Å². The lowest BCUT2D eigenvalue weighted by atomic mass is 10.2. The SMILES string of the molecule is O=C(c1ccccn1)N1CC(S(=O)(=O)c2ccc(F)cc2)C1. The highest BCUT2D eigenvalue weighted by atomic mass is 32.2. The van der Waals surface area contributed by atoms with Crippen molar-refractivity contribution in [1.29, 1.82) is 0 Å². The Balaban J connectivity index is 1.70. The third-order valence-electron chi connectivity index (χ3n) is 3.60. The predicted octanol–water partition coefficient (Wildman–Crippen LogP) is 1.52. The quantitative estimate of drug-likeness (QED) is 0.804. The Labute approximate surface area is 127 Å². The number of halogens is 1. The number of sulfone groups is 1. The van der Waals surface area contributed by atoms with E-state index < -0.39 is 20.9 Å². The van der Waals surface area contributed by atoms with Crippen molar-refractivity contribution in [3.8, 4) is 0 Å². The lowest BCUT2D eigenvalue weighted by Crippen LogP contribution is -2.56. The number of benzene rings is 1. The molecule has 0 saturated carbocycles. The number of likely N-dealkylation sites (tertiary alicyclic amines) is 1. The van der Waals surface area contributed by atoms with E-state index in [1.54, 1.807) is 18.2 Å². The molecule has 7 heteroatoms. The van der Waals surface area contributed by atoms with Crippen LogP contribution in [0.3, 0.4) is 0 Å². The van der Waals surface area contributed by atoms with Crippen LogP contribution in [0.2, 0.25) is 0 Å². The molecule has 0 unspecified atom stereocenters. The van der Waals surface area contributed by atoms with E-state index in [0.29, 0.717) is 5.69 Å². The molecule has 1 aromatic carbocycles. The van der Waals surface area contributed by atoms with E-state index in [1.165, 1.54) is 23.2 Å². The number of hydrogen-bond donors (Lipinski definition) is 0. The highest BCUT2D eigenvalue weighted by Gasteiger charge is 2.40. The molecule has 1 saturated heterocycles. The number of nitrogens with zero attached hydrogens (tertiary/aromatic N) is 2. The Morgan fingerprint density at radius 1 is 1.14 bits per heavy atom. The van der Waals surface area contributed by atoms with Gasteiger partial charge in [-0.1, -0.05) is 6.07 Å². The van der Waals surface area contributed by atoms with Gasteiger partial charge in [0.2, 0.25) is 0 Å². The molecule has 1 aromatic heterocycles. The van der Waals surface area contributed by atoms with E-state index in [1.807, 2.05) is 0 Å². The van der Waals surface area contributed by atoms with E-state index >= 15 is 0 Å². The summed E-state index contributed by atoms with van der Waals surface area (Å²) in [6, 6.07) is 9.71. The summed E-state index contributed by atoms with van der Waals surface area (Å²) in [6.45, 7) is 0.240. The largest absolute Gasteiger partial charge is 0.335 e. The molecule has 0 atom stereocenters. The standard InChI is InChI=1S/C15H13FN2O3S/c16-11-4-6-12(7-5-11)22(20,21)13-9-18(10-13)15(19)14-3-1-2-8-17-14/h1-8,13H,9-10H2. The number of carbonyl (C=O) groups is 1. The lowest BCUT2D eigenvalue weighted by Gasteiger charge is -2.38. The maximum absolute atomic E-state index is 12.9. The molecule has 22 heavy (non-hydrogen) atoms. The minimum atomic E-state index is -3.55. The van der Waals surface area contributed by atoms with Gasteiger partial charge in [-0.2, -0.15) is 0 Å². The molecule has 1 aliphatic heterocycles. The molecule has 1 aliphatic rings. The van der Waals surface area contributed by atoms with Crippen LogP contribution < -0.4 is 0 Å². The van der Waals surface area contributed by atoms with Gasteiger partial charge in [-0.25, -0.2) is 12.8 Å². The number of aromatic nitrogens is 1. The van der Waals surface area contributed by atoms with Crippen LogP contribution >= 0.6 is 0 Å². The summed E-state index contributed by atoms with van der Waals surface area (Å²) in [4.78, 5) is 17.6. The van der Waals surface area contributed by atoms with Crippen molar-refractivity contribution >= 4 is 15.7 Å². The molecule has 0 bridgehead atoms. The fraction of sp³-hybridized carbons (Fsp3) is 0.200. The Kier molecular flexibility index (Phi) is 3.66. The molecule has 114 valence electrons. The Morgan fingerprint density at radius 3 is 2.41 bits per heavy atom. The topological polar surface area (TPSA) is 67.3 Å². The monoisotopic (exact) mass is 320 g/mol. The van der Waals surface area contributed by atoms with Gasteiger partial charge in [0.25, 0.3) is 5.91 Å². The van der Waals surface area contributed by atoms with Crippen LogP contribution in [-0.2, 0) is 9.84 Å². The number of carbonyl (C=O) groups excluding carboxylic acids is 1. The number of pyridine rings is 1. The van der Waals surface area contributed by atoms with Crippen molar-refractivity contribution in [3.05, 3.63) is 60.2 Å². The summed E-state index contributed by atoms with van der Waals surface area (Å²) < 4.78 is 37.6. The minimum absolute atomic E-state index is 0.0730. The van der Waals surface area contributed by atoms with E-state index in [0.717, 1.165) is 12.1 Å². The molecule has 0 spiro atoms. The van der Waals surface area contributed by atoms with Gasteiger partial charge in [-0.05, 0) is 36.4 Å². The second kappa shape index (κ2) is 5.49. The first-order valence-corrected chi connectivity index (χ1v) is 8.23. The molecule has 5 nitrogen and oxygen atoms in total. The average Bonchev–Trinajstić information content (AvgIpc) is 2.46. The summed E-state index contributed by atoms with van der Waals surface area (Å²) >= 11 is 0. The van der Waals surface area contributed by atoms with Gasteiger partial charge in [0, 0.05) is 19.3 Å². The Bertz CT molecular complexity index is 785. The highest BCUT2D eigenvalue weighted by Crippen LogP contribution is 2.24. The van der Waals surface area contributed by atoms with Crippen LogP contribution in [0.5, 0.6) is 0 Å². The smallest absolute Gasteiger partial charge is 0.272 e. The summed E-state index contributed by atoms with van der Waals surface area (Å²) in [7, 11) is -3.55. The maximum Gasteiger partial charge on any atom is 0.272 e. The van der Waals surface area contributed by atoms with E-state index in [9.17, 15) is 17.6 Å². The molecule has 1 fully saturated rings. The molecule has 0 N–H and O–H groups in total.